The van der Waals surface area contributed by atoms with Gasteiger partial charge in [-0.3, -0.25) is 4.79 Å². The molecule has 1 atom stereocenters. The molecule has 0 radical (unpaired) electrons. The van der Waals surface area contributed by atoms with Crippen LogP contribution in [0.3, 0.4) is 0 Å². The topological polar surface area (TPSA) is 38.3 Å². The molecule has 0 heterocycles. The smallest absolute Gasteiger partial charge is 0.260 e. The van der Waals surface area contributed by atoms with E-state index < -0.39 is 6.10 Å². The Morgan fingerprint density at radius 1 is 1.17 bits per heavy atom. The van der Waals surface area contributed by atoms with Gasteiger partial charge in [0.15, 0.2) is 6.10 Å². The first-order valence-corrected chi connectivity index (χ1v) is 9.21. The minimum absolute atomic E-state index is 0.0740. The van der Waals surface area contributed by atoms with Gasteiger partial charge in [-0.15, -0.1) is 0 Å². The first-order chi connectivity index (χ1) is 11.5. The third kappa shape index (κ3) is 3.15. The molecule has 130 valence electrons. The Bertz CT molecular complexity index is 577. The first kappa shape index (κ1) is 15.9. The van der Waals surface area contributed by atoms with Gasteiger partial charge in [0.1, 0.15) is 11.6 Å². The van der Waals surface area contributed by atoms with Crippen molar-refractivity contribution < 1.29 is 13.9 Å². The van der Waals surface area contributed by atoms with Crippen LogP contribution in [-0.4, -0.2) is 18.6 Å². The number of amides is 1. The number of halogens is 1. The van der Waals surface area contributed by atoms with E-state index in [0.717, 1.165) is 24.3 Å². The molecule has 1 aromatic carbocycles. The normalized spacial score (nSPS) is 34.8. The van der Waals surface area contributed by atoms with Gasteiger partial charge < -0.3 is 10.1 Å². The van der Waals surface area contributed by atoms with Gasteiger partial charge in [-0.1, -0.05) is 0 Å². The Kier molecular flexibility index (Phi) is 4.01. The van der Waals surface area contributed by atoms with E-state index in [1.807, 2.05) is 0 Å². The molecule has 0 spiro atoms. The lowest BCUT2D eigenvalue weighted by Gasteiger charge is -2.56. The monoisotopic (exact) mass is 331 g/mol. The average Bonchev–Trinajstić information content (AvgIpc) is 2.53. The molecule has 4 saturated carbocycles. The summed E-state index contributed by atoms with van der Waals surface area (Å²) in [5.74, 6) is 2.81. The Hall–Kier alpha value is -1.58. The molecule has 4 fully saturated rings. The molecule has 1 aromatic rings. The predicted molar refractivity (Wildman–Crippen MR) is 90.1 cm³/mol. The molecule has 0 aliphatic heterocycles. The van der Waals surface area contributed by atoms with Gasteiger partial charge in [0, 0.05) is 6.54 Å². The summed E-state index contributed by atoms with van der Waals surface area (Å²) in [7, 11) is 0. The summed E-state index contributed by atoms with van der Waals surface area (Å²) in [6, 6.07) is 5.79. The summed E-state index contributed by atoms with van der Waals surface area (Å²) in [6.45, 7) is 2.53. The third-order valence-corrected chi connectivity index (χ3v) is 6.30. The van der Waals surface area contributed by atoms with E-state index in [1.165, 1.54) is 50.7 Å². The van der Waals surface area contributed by atoms with Crippen LogP contribution in [0.5, 0.6) is 5.75 Å². The molecular weight excluding hydrogens is 305 g/mol. The zero-order chi connectivity index (χ0) is 16.7. The van der Waals surface area contributed by atoms with Crippen LogP contribution in [0.1, 0.15) is 45.4 Å². The van der Waals surface area contributed by atoms with Crippen LogP contribution in [0.2, 0.25) is 0 Å². The fourth-order valence-electron chi connectivity index (χ4n) is 5.70. The van der Waals surface area contributed by atoms with Crippen molar-refractivity contribution in [3.8, 4) is 5.75 Å². The Morgan fingerprint density at radius 2 is 1.71 bits per heavy atom. The molecule has 3 nitrogen and oxygen atoms in total. The van der Waals surface area contributed by atoms with E-state index in [-0.39, 0.29) is 11.7 Å². The fourth-order valence-corrected chi connectivity index (χ4v) is 5.70. The molecule has 0 aromatic heterocycles. The van der Waals surface area contributed by atoms with Crippen molar-refractivity contribution in [2.45, 2.75) is 51.6 Å². The fraction of sp³-hybridized carbons (Fsp3) is 0.650. The number of hydrogen-bond donors (Lipinski definition) is 1. The van der Waals surface area contributed by atoms with Crippen LogP contribution in [0.25, 0.3) is 0 Å². The zero-order valence-corrected chi connectivity index (χ0v) is 14.3. The van der Waals surface area contributed by atoms with Gasteiger partial charge in [0.2, 0.25) is 0 Å². The maximum atomic E-state index is 12.9. The predicted octanol–water partition coefficient (Wildman–Crippen LogP) is 3.93. The van der Waals surface area contributed by atoms with Crippen LogP contribution >= 0.6 is 0 Å². The van der Waals surface area contributed by atoms with E-state index in [4.69, 9.17) is 4.74 Å². The molecule has 4 bridgehead atoms. The van der Waals surface area contributed by atoms with Gasteiger partial charge in [-0.25, -0.2) is 4.39 Å². The molecule has 4 aliphatic carbocycles. The molecule has 0 unspecified atom stereocenters. The summed E-state index contributed by atoms with van der Waals surface area (Å²) in [5, 5.41) is 3.13. The van der Waals surface area contributed by atoms with Gasteiger partial charge >= 0.3 is 0 Å². The standard InChI is InChI=1S/C20H26FNO2/c1-13(24-18-4-2-17(21)3-5-18)19(23)22-12-20-9-14-6-15(10-20)8-16(7-14)11-20/h2-5,13-16H,6-12H2,1H3,(H,22,23)/t13-,14?,15?,16?,20?/m0/s1. The summed E-state index contributed by atoms with van der Waals surface area (Å²) in [5.41, 5.74) is 0.333. The lowest BCUT2D eigenvalue weighted by atomic mass is 9.49. The van der Waals surface area contributed by atoms with E-state index in [9.17, 15) is 9.18 Å². The molecule has 1 N–H and O–H groups in total. The SMILES string of the molecule is C[C@H](Oc1ccc(F)cc1)C(=O)NCC12CC3CC(CC(C3)C1)C2. The summed E-state index contributed by atoms with van der Waals surface area (Å²) in [4.78, 5) is 12.4. The molecule has 4 aliphatic rings. The first-order valence-electron chi connectivity index (χ1n) is 9.21. The highest BCUT2D eigenvalue weighted by molar-refractivity contribution is 5.80. The van der Waals surface area contributed by atoms with Gasteiger partial charge in [0.25, 0.3) is 5.91 Å². The van der Waals surface area contributed by atoms with Crippen molar-refractivity contribution in [3.63, 3.8) is 0 Å². The minimum atomic E-state index is -0.565. The second-order valence-corrected chi connectivity index (χ2v) is 8.35. The highest BCUT2D eigenvalue weighted by atomic mass is 19.1. The molecule has 5 rings (SSSR count). The zero-order valence-electron chi connectivity index (χ0n) is 14.3. The average molecular weight is 331 g/mol. The van der Waals surface area contributed by atoms with Crippen LogP contribution in [0.4, 0.5) is 4.39 Å². The Balaban J connectivity index is 1.32. The van der Waals surface area contributed by atoms with E-state index >= 15 is 0 Å². The second-order valence-electron chi connectivity index (χ2n) is 8.35. The van der Waals surface area contributed by atoms with Crippen molar-refractivity contribution in [1.82, 2.24) is 5.32 Å². The number of carbonyl (C=O) groups is 1. The summed E-state index contributed by atoms with van der Waals surface area (Å²) < 4.78 is 18.6. The maximum Gasteiger partial charge on any atom is 0.260 e. The molecule has 0 saturated heterocycles. The number of carbonyl (C=O) groups excluding carboxylic acids is 1. The second kappa shape index (κ2) is 6.05. The van der Waals surface area contributed by atoms with Crippen LogP contribution in [-0.2, 0) is 4.79 Å². The van der Waals surface area contributed by atoms with Gasteiger partial charge in [-0.2, -0.15) is 0 Å². The Morgan fingerprint density at radius 3 is 2.25 bits per heavy atom. The van der Waals surface area contributed by atoms with E-state index in [1.54, 1.807) is 19.1 Å². The maximum absolute atomic E-state index is 12.9. The lowest BCUT2D eigenvalue weighted by Crippen LogP contribution is -2.52. The molecule has 24 heavy (non-hydrogen) atoms. The van der Waals surface area contributed by atoms with Crippen molar-refractivity contribution in [3.05, 3.63) is 30.1 Å². The summed E-state index contributed by atoms with van der Waals surface area (Å²) >= 11 is 0. The van der Waals surface area contributed by atoms with Crippen LogP contribution in [0, 0.1) is 29.0 Å². The van der Waals surface area contributed by atoms with Crippen molar-refractivity contribution in [2.75, 3.05) is 6.54 Å². The highest BCUT2D eigenvalue weighted by Crippen LogP contribution is 2.59. The number of ether oxygens (including phenoxy) is 1. The molecule has 4 heteroatoms. The summed E-state index contributed by atoms with van der Waals surface area (Å²) in [6.07, 6.45) is 7.53. The lowest BCUT2D eigenvalue weighted by molar-refractivity contribution is -0.129. The number of rotatable bonds is 5. The van der Waals surface area contributed by atoms with E-state index in [0.29, 0.717) is 11.2 Å². The van der Waals surface area contributed by atoms with E-state index in [2.05, 4.69) is 5.32 Å². The molecule has 1 amide bonds. The van der Waals surface area contributed by atoms with Crippen molar-refractivity contribution >= 4 is 5.91 Å². The quantitative estimate of drug-likeness (QED) is 0.888. The molecular formula is C20H26FNO2. The van der Waals surface area contributed by atoms with Gasteiger partial charge in [0.05, 0.1) is 0 Å². The third-order valence-electron chi connectivity index (χ3n) is 6.30. The highest BCUT2D eigenvalue weighted by Gasteiger charge is 2.50. The van der Waals surface area contributed by atoms with Crippen LogP contribution in [0.15, 0.2) is 24.3 Å². The van der Waals surface area contributed by atoms with Crippen molar-refractivity contribution in [1.29, 1.82) is 0 Å². The van der Waals surface area contributed by atoms with Crippen LogP contribution < -0.4 is 10.1 Å². The largest absolute Gasteiger partial charge is 0.481 e. The minimum Gasteiger partial charge on any atom is -0.481 e. The van der Waals surface area contributed by atoms with Crippen molar-refractivity contribution in [2.24, 2.45) is 23.2 Å². The number of hydrogen-bond acceptors (Lipinski definition) is 2. The van der Waals surface area contributed by atoms with Gasteiger partial charge in [-0.05, 0) is 92.9 Å². The Labute approximate surface area is 143 Å². The number of benzene rings is 1. The number of nitrogens with one attached hydrogen (secondary N) is 1.